The first-order valence-corrected chi connectivity index (χ1v) is 8.27. The summed E-state index contributed by atoms with van der Waals surface area (Å²) in [4.78, 5) is 21.2. The average molecular weight is 367 g/mol. The van der Waals surface area contributed by atoms with E-state index in [0.29, 0.717) is 11.8 Å². The minimum absolute atomic E-state index is 0. The van der Waals surface area contributed by atoms with Crippen LogP contribution in [0.3, 0.4) is 0 Å². The third kappa shape index (κ3) is 4.55. The SMILES string of the molecule is CC(C(=O)N1CCN(Cc2cscn2)CC1)C1CNC1.Cl.Cl. The Bertz CT molecular complexity index is 448. The highest BCUT2D eigenvalue weighted by Gasteiger charge is 2.32. The number of piperazine rings is 1. The molecule has 126 valence electrons. The predicted octanol–water partition coefficient (Wildman–Crippen LogP) is 1.49. The van der Waals surface area contributed by atoms with Gasteiger partial charge in [0.15, 0.2) is 0 Å². The molecular formula is C14H24Cl2N4OS. The zero-order valence-corrected chi connectivity index (χ0v) is 15.2. The normalized spacial score (nSPS) is 20.5. The minimum atomic E-state index is 0. The summed E-state index contributed by atoms with van der Waals surface area (Å²) in [5, 5.41) is 5.35. The van der Waals surface area contributed by atoms with Crippen molar-refractivity contribution >= 4 is 42.1 Å². The Morgan fingerprint density at radius 1 is 1.36 bits per heavy atom. The molecule has 2 fully saturated rings. The second-order valence-corrected chi connectivity index (χ2v) is 6.51. The molecule has 1 amide bonds. The van der Waals surface area contributed by atoms with Crippen molar-refractivity contribution in [1.82, 2.24) is 20.1 Å². The first kappa shape index (κ1) is 19.6. The Morgan fingerprint density at radius 2 is 2.05 bits per heavy atom. The molecule has 0 spiro atoms. The second kappa shape index (κ2) is 9.03. The lowest BCUT2D eigenvalue weighted by Crippen LogP contribution is -2.54. The van der Waals surface area contributed by atoms with E-state index in [1.165, 1.54) is 0 Å². The van der Waals surface area contributed by atoms with E-state index in [0.717, 1.165) is 51.5 Å². The van der Waals surface area contributed by atoms with Gasteiger partial charge in [0.2, 0.25) is 5.91 Å². The molecule has 5 nitrogen and oxygen atoms in total. The molecule has 1 aromatic rings. The lowest BCUT2D eigenvalue weighted by Gasteiger charge is -2.39. The fourth-order valence-electron chi connectivity index (χ4n) is 2.83. The van der Waals surface area contributed by atoms with Gasteiger partial charge < -0.3 is 10.2 Å². The highest BCUT2D eigenvalue weighted by Crippen LogP contribution is 2.19. The Labute approximate surface area is 148 Å². The van der Waals surface area contributed by atoms with Crippen LogP contribution in [0.4, 0.5) is 0 Å². The maximum Gasteiger partial charge on any atom is 0.225 e. The smallest absolute Gasteiger partial charge is 0.225 e. The molecule has 3 heterocycles. The first-order chi connectivity index (χ1) is 9.74. The van der Waals surface area contributed by atoms with E-state index in [2.05, 4.69) is 27.5 Å². The number of thiazole rings is 1. The maximum absolute atomic E-state index is 12.4. The highest BCUT2D eigenvalue weighted by molar-refractivity contribution is 7.07. The van der Waals surface area contributed by atoms with E-state index in [-0.39, 0.29) is 30.7 Å². The van der Waals surface area contributed by atoms with Gasteiger partial charge in [0.1, 0.15) is 0 Å². The van der Waals surface area contributed by atoms with Crippen LogP contribution in [-0.2, 0) is 11.3 Å². The Kier molecular flexibility index (Phi) is 8.07. The first-order valence-electron chi connectivity index (χ1n) is 7.33. The molecule has 0 radical (unpaired) electrons. The van der Waals surface area contributed by atoms with Crippen LogP contribution in [0.15, 0.2) is 10.9 Å². The van der Waals surface area contributed by atoms with Gasteiger partial charge >= 0.3 is 0 Å². The summed E-state index contributed by atoms with van der Waals surface area (Å²) >= 11 is 1.64. The molecule has 8 heteroatoms. The highest BCUT2D eigenvalue weighted by atomic mass is 35.5. The number of carbonyl (C=O) groups is 1. The zero-order valence-electron chi connectivity index (χ0n) is 12.7. The quantitative estimate of drug-likeness (QED) is 0.876. The van der Waals surface area contributed by atoms with Gasteiger partial charge in [0.05, 0.1) is 11.2 Å². The third-order valence-electron chi connectivity index (χ3n) is 4.46. The predicted molar refractivity (Wildman–Crippen MR) is 94.0 cm³/mol. The van der Waals surface area contributed by atoms with Crippen LogP contribution in [-0.4, -0.2) is 60.0 Å². The molecule has 0 saturated carbocycles. The second-order valence-electron chi connectivity index (χ2n) is 5.79. The zero-order chi connectivity index (χ0) is 13.9. The van der Waals surface area contributed by atoms with Crippen LogP contribution >= 0.6 is 36.2 Å². The van der Waals surface area contributed by atoms with Gasteiger partial charge in [-0.3, -0.25) is 9.69 Å². The Morgan fingerprint density at radius 3 is 2.55 bits per heavy atom. The molecule has 1 N–H and O–H groups in total. The monoisotopic (exact) mass is 366 g/mol. The molecule has 2 aliphatic rings. The molecular weight excluding hydrogens is 343 g/mol. The minimum Gasteiger partial charge on any atom is -0.340 e. The summed E-state index contributed by atoms with van der Waals surface area (Å²) < 4.78 is 0. The van der Waals surface area contributed by atoms with Crippen LogP contribution < -0.4 is 5.32 Å². The van der Waals surface area contributed by atoms with Gasteiger partial charge in [0, 0.05) is 44.0 Å². The van der Waals surface area contributed by atoms with E-state index < -0.39 is 0 Å². The van der Waals surface area contributed by atoms with Gasteiger partial charge in [-0.15, -0.1) is 36.2 Å². The molecule has 22 heavy (non-hydrogen) atoms. The van der Waals surface area contributed by atoms with Crippen molar-refractivity contribution in [2.45, 2.75) is 13.5 Å². The number of amides is 1. The fourth-order valence-corrected chi connectivity index (χ4v) is 3.37. The molecule has 1 unspecified atom stereocenters. The maximum atomic E-state index is 12.4. The van der Waals surface area contributed by atoms with Crippen molar-refractivity contribution in [3.8, 4) is 0 Å². The van der Waals surface area contributed by atoms with Crippen LogP contribution in [0.1, 0.15) is 12.6 Å². The van der Waals surface area contributed by atoms with Gasteiger partial charge in [-0.1, -0.05) is 6.92 Å². The number of hydrogen-bond acceptors (Lipinski definition) is 5. The third-order valence-corrected chi connectivity index (χ3v) is 5.10. The number of aromatic nitrogens is 1. The van der Waals surface area contributed by atoms with Crippen molar-refractivity contribution in [3.63, 3.8) is 0 Å². The van der Waals surface area contributed by atoms with E-state index in [1.807, 2.05) is 10.4 Å². The van der Waals surface area contributed by atoms with Gasteiger partial charge in [-0.05, 0) is 19.0 Å². The standard InChI is InChI=1S/C14H22N4OS.2ClH/c1-11(12-6-15-7-12)14(19)18-4-2-17(3-5-18)8-13-9-20-10-16-13;;/h9-12,15H,2-8H2,1H3;2*1H. The molecule has 1 aromatic heterocycles. The Hall–Kier alpha value is -0.400. The summed E-state index contributed by atoms with van der Waals surface area (Å²) in [6.07, 6.45) is 0. The number of nitrogens with zero attached hydrogens (tertiary/aromatic N) is 3. The van der Waals surface area contributed by atoms with E-state index in [4.69, 9.17) is 0 Å². The van der Waals surface area contributed by atoms with Crippen molar-refractivity contribution in [3.05, 3.63) is 16.6 Å². The Balaban J connectivity index is 0.00000121. The molecule has 1 atom stereocenters. The molecule has 0 aliphatic carbocycles. The number of rotatable bonds is 4. The molecule has 0 aromatic carbocycles. The summed E-state index contributed by atoms with van der Waals surface area (Å²) in [6, 6.07) is 0. The number of hydrogen-bond donors (Lipinski definition) is 1. The summed E-state index contributed by atoms with van der Waals surface area (Å²) in [7, 11) is 0. The summed E-state index contributed by atoms with van der Waals surface area (Å²) in [5.74, 6) is 1.04. The van der Waals surface area contributed by atoms with Crippen molar-refractivity contribution in [1.29, 1.82) is 0 Å². The average Bonchev–Trinajstić information content (AvgIpc) is 2.89. The number of halogens is 2. The summed E-state index contributed by atoms with van der Waals surface area (Å²) in [5.41, 5.74) is 3.02. The largest absolute Gasteiger partial charge is 0.340 e. The fraction of sp³-hybridized carbons (Fsp3) is 0.714. The summed E-state index contributed by atoms with van der Waals surface area (Å²) in [6.45, 7) is 8.61. The molecule has 2 saturated heterocycles. The van der Waals surface area contributed by atoms with Crippen LogP contribution in [0.2, 0.25) is 0 Å². The lowest BCUT2D eigenvalue weighted by atomic mass is 9.88. The van der Waals surface area contributed by atoms with Crippen LogP contribution in [0.25, 0.3) is 0 Å². The van der Waals surface area contributed by atoms with Crippen molar-refractivity contribution in [2.75, 3.05) is 39.3 Å². The van der Waals surface area contributed by atoms with Gasteiger partial charge in [0.25, 0.3) is 0 Å². The van der Waals surface area contributed by atoms with Gasteiger partial charge in [-0.25, -0.2) is 4.98 Å². The van der Waals surface area contributed by atoms with E-state index in [9.17, 15) is 4.79 Å². The molecule has 0 bridgehead atoms. The van der Waals surface area contributed by atoms with E-state index in [1.54, 1.807) is 11.3 Å². The topological polar surface area (TPSA) is 48.5 Å². The van der Waals surface area contributed by atoms with Crippen molar-refractivity contribution < 1.29 is 4.79 Å². The van der Waals surface area contributed by atoms with Crippen molar-refractivity contribution in [2.24, 2.45) is 11.8 Å². The number of carbonyl (C=O) groups excluding carboxylic acids is 1. The van der Waals surface area contributed by atoms with Crippen LogP contribution in [0.5, 0.6) is 0 Å². The molecule has 2 aliphatic heterocycles. The van der Waals surface area contributed by atoms with Gasteiger partial charge in [-0.2, -0.15) is 0 Å². The van der Waals surface area contributed by atoms with Crippen LogP contribution in [0, 0.1) is 11.8 Å². The van der Waals surface area contributed by atoms with E-state index >= 15 is 0 Å². The molecule has 3 rings (SSSR count). The lowest BCUT2D eigenvalue weighted by molar-refractivity contribution is -0.139. The number of nitrogens with one attached hydrogen (secondary N) is 1.